The number of aliphatic hydroxyl groups is 17. The van der Waals surface area contributed by atoms with Gasteiger partial charge in [-0.1, -0.05) is 60.1 Å². The van der Waals surface area contributed by atoms with Crippen LogP contribution in [0.2, 0.25) is 0 Å². The van der Waals surface area contributed by atoms with Crippen molar-refractivity contribution in [3.05, 3.63) is 11.6 Å². The molecule has 0 amide bonds. The molecule has 17 N–H and O–H groups in total. The number of allylic oxidation sites excluding steroid dienone is 2. The molecular weight excluding hydrogens is 1170 g/mol. The van der Waals surface area contributed by atoms with Crippen LogP contribution in [0, 0.1) is 50.2 Å². The Kier molecular flexibility index (Phi) is 20.3. The lowest BCUT2D eigenvalue weighted by Gasteiger charge is -2.71. The average molecular weight is 1270 g/mol. The van der Waals surface area contributed by atoms with E-state index in [4.69, 9.17) is 47.4 Å². The van der Waals surface area contributed by atoms with Crippen LogP contribution in [0.25, 0.3) is 0 Å². The molecule has 10 rings (SSSR count). The Balaban J connectivity index is 0.878. The number of fused-ring (bicyclic) bond motifs is 7. The molecule has 5 heterocycles. The van der Waals surface area contributed by atoms with E-state index in [9.17, 15) is 86.8 Å². The van der Waals surface area contributed by atoms with E-state index in [0.717, 1.165) is 12.8 Å². The predicted molar refractivity (Wildman–Crippen MR) is 296 cm³/mol. The van der Waals surface area contributed by atoms with Crippen LogP contribution < -0.4 is 0 Å². The molecule has 506 valence electrons. The highest BCUT2D eigenvalue weighted by Crippen LogP contribution is 2.75. The number of rotatable bonds is 16. The van der Waals surface area contributed by atoms with Crippen LogP contribution in [0.5, 0.6) is 0 Å². The van der Waals surface area contributed by atoms with Crippen LogP contribution in [0.15, 0.2) is 11.6 Å². The maximum Gasteiger partial charge on any atom is 0.187 e. The molecule has 4 saturated carbocycles. The molecule has 4 unspecified atom stereocenters. The van der Waals surface area contributed by atoms with Crippen molar-refractivity contribution in [2.24, 2.45) is 50.2 Å². The van der Waals surface area contributed by atoms with Crippen molar-refractivity contribution in [3.8, 4) is 0 Å². The summed E-state index contributed by atoms with van der Waals surface area (Å²) in [5.74, 6) is -0.132. The highest BCUT2D eigenvalue weighted by Gasteiger charge is 2.71. The summed E-state index contributed by atoms with van der Waals surface area (Å²) >= 11 is 0. The quantitative estimate of drug-likeness (QED) is 0.0511. The molecule has 33 atom stereocenters. The second-order valence-corrected chi connectivity index (χ2v) is 29.2. The molecule has 5 aliphatic heterocycles. The Morgan fingerprint density at radius 3 is 1.45 bits per heavy atom. The molecule has 10 aliphatic rings. The third kappa shape index (κ3) is 11.7. The maximum atomic E-state index is 15.4. The molecular formula is C60H98O28. The first-order chi connectivity index (χ1) is 41.2. The molecule has 88 heavy (non-hydrogen) atoms. The number of ether oxygens (including phenoxy) is 10. The van der Waals surface area contributed by atoms with Gasteiger partial charge in [0.2, 0.25) is 0 Å². The van der Waals surface area contributed by atoms with Crippen molar-refractivity contribution in [1.82, 2.24) is 0 Å². The molecule has 5 aliphatic carbocycles. The lowest BCUT2D eigenvalue weighted by atomic mass is 9.33. The summed E-state index contributed by atoms with van der Waals surface area (Å²) in [6.07, 6.45) is -35.1. The number of ketones is 1. The van der Waals surface area contributed by atoms with Gasteiger partial charge in [-0.3, -0.25) is 4.79 Å². The first-order valence-corrected chi connectivity index (χ1v) is 31.3. The summed E-state index contributed by atoms with van der Waals surface area (Å²) in [4.78, 5) is 15.4. The van der Waals surface area contributed by atoms with Crippen molar-refractivity contribution in [1.29, 1.82) is 0 Å². The van der Waals surface area contributed by atoms with Crippen molar-refractivity contribution in [2.45, 2.75) is 266 Å². The van der Waals surface area contributed by atoms with Crippen molar-refractivity contribution in [2.75, 3.05) is 39.6 Å². The van der Waals surface area contributed by atoms with Crippen LogP contribution in [-0.4, -0.2) is 292 Å². The van der Waals surface area contributed by atoms with Crippen LogP contribution in [0.4, 0.5) is 0 Å². The second-order valence-electron chi connectivity index (χ2n) is 29.2. The predicted octanol–water partition coefficient (Wildman–Crippen LogP) is -4.56. The highest BCUT2D eigenvalue weighted by molar-refractivity contribution is 5.89. The summed E-state index contributed by atoms with van der Waals surface area (Å²) < 4.78 is 60.0. The van der Waals surface area contributed by atoms with Crippen LogP contribution >= 0.6 is 0 Å². The summed E-state index contributed by atoms with van der Waals surface area (Å²) in [7, 11) is 0. The lowest BCUT2D eigenvalue weighted by Crippen LogP contribution is -2.67. The average Bonchev–Trinajstić information content (AvgIpc) is 0.679. The van der Waals surface area contributed by atoms with Gasteiger partial charge >= 0.3 is 0 Å². The van der Waals surface area contributed by atoms with Crippen LogP contribution in [0.3, 0.4) is 0 Å². The summed E-state index contributed by atoms with van der Waals surface area (Å²) in [5, 5.41) is 182. The van der Waals surface area contributed by atoms with Crippen molar-refractivity contribution >= 4 is 5.78 Å². The van der Waals surface area contributed by atoms with Gasteiger partial charge in [-0.2, -0.15) is 0 Å². The van der Waals surface area contributed by atoms with Gasteiger partial charge in [-0.25, -0.2) is 0 Å². The van der Waals surface area contributed by atoms with E-state index in [0.29, 0.717) is 38.5 Å². The minimum Gasteiger partial charge on any atom is -0.394 e. The zero-order valence-electron chi connectivity index (χ0n) is 51.0. The van der Waals surface area contributed by atoms with E-state index in [2.05, 4.69) is 54.5 Å². The molecule has 0 radical (unpaired) electrons. The van der Waals surface area contributed by atoms with Gasteiger partial charge < -0.3 is 134 Å². The zero-order valence-corrected chi connectivity index (χ0v) is 51.0. The van der Waals surface area contributed by atoms with E-state index < -0.39 is 209 Å². The minimum atomic E-state index is -1.94. The molecule has 0 aromatic carbocycles. The first-order valence-electron chi connectivity index (χ1n) is 31.3. The molecule has 0 spiro atoms. The Labute approximate surface area is 510 Å². The lowest BCUT2D eigenvalue weighted by molar-refractivity contribution is -0.383. The van der Waals surface area contributed by atoms with E-state index in [1.54, 1.807) is 0 Å². The summed E-state index contributed by atoms with van der Waals surface area (Å²) in [5.41, 5.74) is -1.89. The standard InChI is InChI=1S/C60H98O28/c1-55(2)14-15-60(23-81-52-47(77)41(71)36(66)27(19-62)83-52)25(16-55)24-8-9-32-57(5)12-11-34(56(3,4)31(57)10-13-58(32,6)59(24,7)17-33(60)64)87-54-49(88-53-48(78)42(72)37(67)28(20-63)84-53)44(74)39(69)30(86-54)22-80-51-46(76)43(73)38(68)29(85-51)21-79-50-45(75)40(70)35(65)26(18-61)82-50/h8,25-32,34-54,61-63,65-78H,9-23H2,1-7H3/t25?,26-,27-,28-,29-,30-,31?,32?,34+,35-,36-,37-,38-,39-,40+,41+,42+,43+,44+,45-,46-,47-,48-,49-,50-,51-,52-,53-,54?,57+,58-,59-,60-/m1/s1. The van der Waals surface area contributed by atoms with Crippen LogP contribution in [0.1, 0.15) is 106 Å². The minimum absolute atomic E-state index is 0.0262. The number of Topliss-reactive ketones (excluding diaryl/α,β-unsaturated/α-hetero) is 1. The largest absolute Gasteiger partial charge is 0.394 e. The van der Waals surface area contributed by atoms with E-state index in [1.807, 2.05) is 0 Å². The summed E-state index contributed by atoms with van der Waals surface area (Å²) in [6, 6.07) is 0. The highest BCUT2D eigenvalue weighted by atomic mass is 16.8. The van der Waals surface area contributed by atoms with Crippen LogP contribution in [-0.2, 0) is 52.2 Å². The molecule has 28 nitrogen and oxygen atoms in total. The Morgan fingerprint density at radius 2 is 0.932 bits per heavy atom. The first kappa shape index (κ1) is 69.2. The van der Waals surface area contributed by atoms with Gasteiger partial charge in [0.15, 0.2) is 31.5 Å². The van der Waals surface area contributed by atoms with E-state index >= 15 is 4.79 Å². The van der Waals surface area contributed by atoms with Gasteiger partial charge in [0, 0.05) is 11.8 Å². The SMILES string of the molecule is CC1(C)CC[C@]2(CO[C@@H]3O[C@H](CO)[C@@H](O)[C@H](O)[C@H]3O)C(=O)C[C@]3(C)C(=CCC4[C@@]5(C)CC[C@H](OC6O[C@H](CO[C@@H]7O[C@H](CO[C@@H]8O[C@H](CO)[C@@H](O)[C@H](O)[C@H]8O)[C@@H](O)[C@H](O)[C@H]7O)[C@@H](O)[C@H](O)[C@H]6O[C@H]6O[C@H](CO)[C@@H](O)[C@H](O)[C@H]6O)C(C)(C)C5CC[C@]43C)C2C1. The van der Waals surface area contributed by atoms with Gasteiger partial charge in [0.05, 0.1) is 51.2 Å². The Hall–Kier alpha value is -1.67. The number of carbonyl (C=O) groups is 1. The fourth-order valence-electron chi connectivity index (χ4n) is 17.7. The van der Waals surface area contributed by atoms with Gasteiger partial charge in [-0.05, 0) is 90.8 Å². The number of aliphatic hydroxyl groups excluding tert-OH is 17. The number of hydrogen-bond acceptors (Lipinski definition) is 28. The monoisotopic (exact) mass is 1270 g/mol. The topological polar surface area (TPSA) is 453 Å². The molecule has 0 aromatic heterocycles. The number of carbonyl (C=O) groups excluding carboxylic acids is 1. The number of hydrogen-bond donors (Lipinski definition) is 17. The van der Waals surface area contributed by atoms with Crippen molar-refractivity contribution < 1.29 is 139 Å². The maximum absolute atomic E-state index is 15.4. The third-order valence-electron chi connectivity index (χ3n) is 23.4. The van der Waals surface area contributed by atoms with Crippen molar-refractivity contribution in [3.63, 3.8) is 0 Å². The van der Waals surface area contributed by atoms with Gasteiger partial charge in [0.1, 0.15) is 128 Å². The smallest absolute Gasteiger partial charge is 0.187 e. The molecule has 0 bridgehead atoms. The van der Waals surface area contributed by atoms with Gasteiger partial charge in [0.25, 0.3) is 0 Å². The third-order valence-corrected chi connectivity index (χ3v) is 23.4. The Morgan fingerprint density at radius 1 is 0.477 bits per heavy atom. The molecule has 9 fully saturated rings. The van der Waals surface area contributed by atoms with Gasteiger partial charge in [-0.15, -0.1) is 0 Å². The summed E-state index contributed by atoms with van der Waals surface area (Å²) in [6.45, 7) is 11.8. The Bertz CT molecular complexity index is 2430. The molecule has 5 saturated heterocycles. The normalized spacial score (nSPS) is 53.7. The zero-order chi connectivity index (χ0) is 64.3. The van der Waals surface area contributed by atoms with E-state index in [1.165, 1.54) is 5.57 Å². The molecule has 0 aromatic rings. The second kappa shape index (κ2) is 25.8. The molecule has 28 heteroatoms. The van der Waals surface area contributed by atoms with E-state index in [-0.39, 0.29) is 52.8 Å². The fraction of sp³-hybridized carbons (Fsp3) is 0.950. The fourth-order valence-corrected chi connectivity index (χ4v) is 17.7.